The van der Waals surface area contributed by atoms with E-state index in [4.69, 9.17) is 39.5 Å². The topological polar surface area (TPSA) is 105 Å². The number of hydrogen-bond acceptors (Lipinski definition) is 4. The highest BCUT2D eigenvalue weighted by molar-refractivity contribution is 6.76. The highest BCUT2D eigenvalue weighted by Gasteiger charge is 2.30. The second-order valence-corrected chi connectivity index (χ2v) is 8.58. The van der Waals surface area contributed by atoms with Gasteiger partial charge in [-0.15, -0.1) is 0 Å². The summed E-state index contributed by atoms with van der Waals surface area (Å²) in [6.07, 6.45) is -0.770. The van der Waals surface area contributed by atoms with Gasteiger partial charge in [-0.25, -0.2) is 9.59 Å². The summed E-state index contributed by atoms with van der Waals surface area (Å²) in [6, 6.07) is 14.6. The van der Waals surface area contributed by atoms with Crippen molar-refractivity contribution in [1.82, 2.24) is 10.6 Å². The van der Waals surface area contributed by atoms with Crippen molar-refractivity contribution in [3.8, 4) is 0 Å². The number of aliphatic carboxylic acids is 1. The molecule has 1 atom stereocenters. The lowest BCUT2D eigenvalue weighted by molar-refractivity contribution is -0.139. The minimum atomic E-state index is -2.05. The predicted octanol–water partition coefficient (Wildman–Crippen LogP) is 3.60. The first-order valence-electron chi connectivity index (χ1n) is 8.78. The Labute approximate surface area is 188 Å². The summed E-state index contributed by atoms with van der Waals surface area (Å²) in [5.74, 6) is -1.94. The molecule has 3 N–H and O–H groups in total. The number of carboxylic acids is 1. The summed E-state index contributed by atoms with van der Waals surface area (Å²) in [5.41, 5.74) is 2.18. The van der Waals surface area contributed by atoms with Crippen LogP contribution in [0, 0.1) is 0 Å². The quantitative estimate of drug-likeness (QED) is 0.508. The van der Waals surface area contributed by atoms with Gasteiger partial charge in [0.25, 0.3) is 9.70 Å². The van der Waals surface area contributed by atoms with Crippen molar-refractivity contribution in [3.63, 3.8) is 0 Å². The second-order valence-electron chi connectivity index (χ2n) is 6.30. The van der Waals surface area contributed by atoms with Gasteiger partial charge >= 0.3 is 12.1 Å². The minimum Gasteiger partial charge on any atom is -0.480 e. The van der Waals surface area contributed by atoms with E-state index in [0.717, 1.165) is 11.1 Å². The minimum absolute atomic E-state index is 0.0353. The number of ether oxygens (including phenoxy) is 1. The molecular formula is C20H19Cl3N2O5. The van der Waals surface area contributed by atoms with Gasteiger partial charge in [-0.05, 0) is 16.7 Å². The maximum atomic E-state index is 11.9. The summed E-state index contributed by atoms with van der Waals surface area (Å²) in [7, 11) is 0. The van der Waals surface area contributed by atoms with E-state index in [1.807, 2.05) is 18.2 Å². The van der Waals surface area contributed by atoms with Crippen molar-refractivity contribution in [2.24, 2.45) is 0 Å². The summed E-state index contributed by atoms with van der Waals surface area (Å²) in [6.45, 7) is 0.174. The summed E-state index contributed by atoms with van der Waals surface area (Å²) in [4.78, 5) is 35.0. The normalized spacial score (nSPS) is 12.0. The smallest absolute Gasteiger partial charge is 0.408 e. The number of carbonyl (C=O) groups is 3. The SMILES string of the molecule is O=C(NC(Cc1ccc(CNC(=O)C(Cl)(Cl)Cl)cc1)C(=O)O)OCc1ccccc1. The largest absolute Gasteiger partial charge is 0.480 e. The van der Waals surface area contributed by atoms with Crippen LogP contribution in [0.2, 0.25) is 0 Å². The summed E-state index contributed by atoms with van der Waals surface area (Å²) < 4.78 is 3.02. The van der Waals surface area contributed by atoms with Crippen LogP contribution in [0.3, 0.4) is 0 Å². The van der Waals surface area contributed by atoms with Crippen molar-refractivity contribution in [2.75, 3.05) is 0 Å². The summed E-state index contributed by atoms with van der Waals surface area (Å²) in [5, 5.41) is 14.2. The zero-order valence-electron chi connectivity index (χ0n) is 15.6. The molecule has 0 aliphatic carbocycles. The number of benzene rings is 2. The van der Waals surface area contributed by atoms with E-state index in [1.165, 1.54) is 0 Å². The first-order valence-corrected chi connectivity index (χ1v) is 9.91. The van der Waals surface area contributed by atoms with E-state index in [9.17, 15) is 19.5 Å². The summed E-state index contributed by atoms with van der Waals surface area (Å²) >= 11 is 16.4. The zero-order chi connectivity index (χ0) is 22.1. The zero-order valence-corrected chi connectivity index (χ0v) is 17.9. The van der Waals surface area contributed by atoms with Gasteiger partial charge in [-0.1, -0.05) is 89.4 Å². The maximum Gasteiger partial charge on any atom is 0.408 e. The van der Waals surface area contributed by atoms with Crippen LogP contribution in [0.4, 0.5) is 4.79 Å². The molecule has 0 saturated carbocycles. The van der Waals surface area contributed by atoms with Crippen LogP contribution in [0.15, 0.2) is 54.6 Å². The van der Waals surface area contributed by atoms with Gasteiger partial charge in [0.15, 0.2) is 0 Å². The van der Waals surface area contributed by atoms with Gasteiger partial charge in [0, 0.05) is 13.0 Å². The molecule has 0 bridgehead atoms. The molecule has 0 fully saturated rings. The van der Waals surface area contributed by atoms with Crippen molar-refractivity contribution >= 4 is 52.8 Å². The fourth-order valence-corrected chi connectivity index (χ4v) is 2.62. The van der Waals surface area contributed by atoms with Crippen LogP contribution in [-0.2, 0) is 33.9 Å². The standard InChI is InChI=1S/C20H19Cl3N2O5/c21-20(22,23)18(28)24-11-14-8-6-13(7-9-14)10-16(17(26)27)25-19(29)30-12-15-4-2-1-3-5-15/h1-9,16H,10-12H2,(H,24,28)(H,25,29)(H,26,27). The molecule has 0 saturated heterocycles. The first kappa shape index (κ1) is 23.8. The Hall–Kier alpha value is -2.48. The number of halogens is 3. The average Bonchev–Trinajstić information content (AvgIpc) is 2.71. The van der Waals surface area contributed by atoms with E-state index < -0.39 is 27.8 Å². The van der Waals surface area contributed by atoms with E-state index in [1.54, 1.807) is 36.4 Å². The van der Waals surface area contributed by atoms with E-state index in [0.29, 0.717) is 5.56 Å². The van der Waals surface area contributed by atoms with Gasteiger partial charge in [-0.2, -0.15) is 0 Å². The monoisotopic (exact) mass is 472 g/mol. The van der Waals surface area contributed by atoms with Gasteiger partial charge in [0.1, 0.15) is 12.6 Å². The van der Waals surface area contributed by atoms with Crippen LogP contribution >= 0.6 is 34.8 Å². The van der Waals surface area contributed by atoms with Crippen LogP contribution in [-0.4, -0.2) is 32.9 Å². The maximum absolute atomic E-state index is 11.9. The van der Waals surface area contributed by atoms with Gasteiger partial charge in [-0.3, -0.25) is 4.79 Å². The number of nitrogens with one attached hydrogen (secondary N) is 2. The third-order valence-corrected chi connectivity index (χ3v) is 4.49. The van der Waals surface area contributed by atoms with Crippen molar-refractivity contribution in [3.05, 3.63) is 71.3 Å². The van der Waals surface area contributed by atoms with E-state index in [-0.39, 0.29) is 19.6 Å². The molecule has 0 aromatic heterocycles. The predicted molar refractivity (Wildman–Crippen MR) is 113 cm³/mol. The Bertz CT molecular complexity index is 870. The number of carbonyl (C=O) groups excluding carboxylic acids is 2. The van der Waals surface area contributed by atoms with Crippen LogP contribution < -0.4 is 10.6 Å². The molecule has 7 nitrogen and oxygen atoms in total. The van der Waals surface area contributed by atoms with Crippen LogP contribution in [0.1, 0.15) is 16.7 Å². The van der Waals surface area contributed by atoms with Crippen molar-refractivity contribution < 1.29 is 24.2 Å². The fourth-order valence-electron chi connectivity index (χ4n) is 2.42. The number of rotatable bonds is 8. The molecule has 0 aliphatic rings. The Balaban J connectivity index is 1.87. The van der Waals surface area contributed by atoms with E-state index in [2.05, 4.69) is 10.6 Å². The average molecular weight is 474 g/mol. The molecule has 0 heterocycles. The Morgan fingerprint density at radius 2 is 1.53 bits per heavy atom. The molecule has 0 aliphatic heterocycles. The molecule has 2 aromatic carbocycles. The number of alkyl carbamates (subject to hydrolysis) is 1. The number of carboxylic acid groups (broad SMARTS) is 1. The lowest BCUT2D eigenvalue weighted by Gasteiger charge is -2.15. The highest BCUT2D eigenvalue weighted by atomic mass is 35.6. The molecule has 0 radical (unpaired) electrons. The van der Waals surface area contributed by atoms with E-state index >= 15 is 0 Å². The lowest BCUT2D eigenvalue weighted by atomic mass is 10.0. The van der Waals surface area contributed by atoms with Gasteiger partial charge in [0.05, 0.1) is 0 Å². The third-order valence-electron chi connectivity index (χ3n) is 3.98. The Morgan fingerprint density at radius 1 is 0.933 bits per heavy atom. The third kappa shape index (κ3) is 8.10. The Morgan fingerprint density at radius 3 is 2.10 bits per heavy atom. The number of alkyl halides is 3. The first-order chi connectivity index (χ1) is 14.1. The molecule has 30 heavy (non-hydrogen) atoms. The molecule has 0 spiro atoms. The molecule has 160 valence electrons. The second kappa shape index (κ2) is 11.1. The highest BCUT2D eigenvalue weighted by Crippen LogP contribution is 2.25. The van der Waals surface area contributed by atoms with Crippen LogP contribution in [0.25, 0.3) is 0 Å². The number of hydrogen-bond donors (Lipinski definition) is 3. The molecule has 2 rings (SSSR count). The molecule has 1 unspecified atom stereocenters. The fraction of sp³-hybridized carbons (Fsp3) is 0.250. The van der Waals surface area contributed by atoms with Crippen LogP contribution in [0.5, 0.6) is 0 Å². The number of amides is 2. The molecule has 2 aromatic rings. The van der Waals surface area contributed by atoms with Crippen molar-refractivity contribution in [2.45, 2.75) is 29.4 Å². The van der Waals surface area contributed by atoms with Gasteiger partial charge in [0.2, 0.25) is 0 Å². The molecule has 10 heteroatoms. The van der Waals surface area contributed by atoms with Gasteiger partial charge < -0.3 is 20.5 Å². The lowest BCUT2D eigenvalue weighted by Crippen LogP contribution is -2.42. The Kier molecular flexibility index (Phi) is 8.77. The van der Waals surface area contributed by atoms with Crippen molar-refractivity contribution in [1.29, 1.82) is 0 Å². The molecular weight excluding hydrogens is 455 g/mol. The molecule has 2 amide bonds.